The highest BCUT2D eigenvalue weighted by molar-refractivity contribution is 6.31. The van der Waals surface area contributed by atoms with Crippen molar-refractivity contribution < 1.29 is 14.2 Å². The lowest BCUT2D eigenvalue weighted by Gasteiger charge is -2.24. The van der Waals surface area contributed by atoms with Crippen molar-refractivity contribution in [1.29, 1.82) is 0 Å². The lowest BCUT2D eigenvalue weighted by atomic mass is 9.89. The van der Waals surface area contributed by atoms with Crippen LogP contribution in [0.2, 0.25) is 5.02 Å². The topological polar surface area (TPSA) is 53.7 Å². The van der Waals surface area contributed by atoms with Gasteiger partial charge in [-0.1, -0.05) is 11.6 Å². The Hall–Kier alpha value is -0.970. The van der Waals surface area contributed by atoms with Crippen molar-refractivity contribution >= 4 is 11.6 Å². The first-order valence-corrected chi connectivity index (χ1v) is 7.51. The van der Waals surface area contributed by atoms with Gasteiger partial charge in [-0.25, -0.2) is 0 Å². The van der Waals surface area contributed by atoms with Crippen LogP contribution in [0.25, 0.3) is 0 Å². The summed E-state index contributed by atoms with van der Waals surface area (Å²) in [5, 5.41) is 0.640. The average Bonchev–Trinajstić information content (AvgIpc) is 2.72. The van der Waals surface area contributed by atoms with Crippen LogP contribution in [0.5, 0.6) is 11.5 Å². The van der Waals surface area contributed by atoms with E-state index >= 15 is 0 Å². The second-order valence-corrected chi connectivity index (χ2v) is 5.83. The van der Waals surface area contributed by atoms with Gasteiger partial charge in [0.05, 0.1) is 19.3 Å². The van der Waals surface area contributed by atoms with Gasteiger partial charge in [-0.2, -0.15) is 0 Å². The molecule has 3 unspecified atom stereocenters. The van der Waals surface area contributed by atoms with Crippen LogP contribution in [0.4, 0.5) is 0 Å². The predicted octanol–water partition coefficient (Wildman–Crippen LogP) is 2.93. The molecular weight excluding hydrogens is 278 g/mol. The monoisotopic (exact) mass is 297 g/mol. The Kier molecular flexibility index (Phi) is 4.06. The zero-order valence-corrected chi connectivity index (χ0v) is 12.4. The van der Waals surface area contributed by atoms with Crippen LogP contribution in [0.1, 0.15) is 31.4 Å². The second-order valence-electron chi connectivity index (χ2n) is 5.43. The molecule has 5 heteroatoms. The van der Waals surface area contributed by atoms with E-state index in [-0.39, 0.29) is 18.1 Å². The molecule has 3 rings (SSSR count). The Balaban J connectivity index is 1.91. The van der Waals surface area contributed by atoms with E-state index in [9.17, 15) is 0 Å². The zero-order valence-electron chi connectivity index (χ0n) is 11.6. The fourth-order valence-electron chi connectivity index (χ4n) is 2.91. The van der Waals surface area contributed by atoms with E-state index in [2.05, 4.69) is 6.92 Å². The summed E-state index contributed by atoms with van der Waals surface area (Å²) in [6.45, 7) is 4.14. The highest BCUT2D eigenvalue weighted by Gasteiger charge is 2.32. The van der Waals surface area contributed by atoms with E-state index in [0.717, 1.165) is 30.8 Å². The van der Waals surface area contributed by atoms with E-state index in [1.165, 1.54) is 0 Å². The number of nitrogens with two attached hydrogens (primary N) is 1. The summed E-state index contributed by atoms with van der Waals surface area (Å²) in [4.78, 5) is 0. The molecule has 1 fully saturated rings. The number of benzene rings is 1. The Morgan fingerprint density at radius 2 is 1.90 bits per heavy atom. The summed E-state index contributed by atoms with van der Waals surface area (Å²) in [7, 11) is 0. The lowest BCUT2D eigenvalue weighted by Crippen LogP contribution is -2.26. The number of ether oxygens (including phenoxy) is 3. The van der Waals surface area contributed by atoms with Crippen molar-refractivity contribution in [3.05, 3.63) is 22.7 Å². The van der Waals surface area contributed by atoms with Gasteiger partial charge in [0.2, 0.25) is 0 Å². The van der Waals surface area contributed by atoms with Crippen LogP contribution in [0, 0.1) is 5.92 Å². The van der Waals surface area contributed by atoms with Gasteiger partial charge in [-0.15, -0.1) is 0 Å². The molecule has 0 bridgehead atoms. The Morgan fingerprint density at radius 3 is 2.55 bits per heavy atom. The summed E-state index contributed by atoms with van der Waals surface area (Å²) in [5.74, 6) is 1.74. The molecule has 0 amide bonds. The van der Waals surface area contributed by atoms with Gasteiger partial charge < -0.3 is 19.9 Å². The fourth-order valence-corrected chi connectivity index (χ4v) is 3.19. The molecule has 2 aliphatic rings. The highest BCUT2D eigenvalue weighted by Crippen LogP contribution is 2.40. The maximum absolute atomic E-state index is 6.40. The molecule has 2 N–H and O–H groups in total. The van der Waals surface area contributed by atoms with Crippen molar-refractivity contribution in [2.75, 3.05) is 19.8 Å². The molecule has 0 radical (unpaired) electrons. The molecule has 0 aliphatic carbocycles. The smallest absolute Gasteiger partial charge is 0.162 e. The number of rotatable bonds is 2. The lowest BCUT2D eigenvalue weighted by molar-refractivity contribution is 0.0995. The molecule has 0 saturated carbocycles. The molecule has 1 aromatic rings. The highest BCUT2D eigenvalue weighted by atomic mass is 35.5. The molecule has 20 heavy (non-hydrogen) atoms. The third kappa shape index (κ3) is 2.60. The minimum Gasteiger partial charge on any atom is -0.490 e. The Morgan fingerprint density at radius 1 is 1.20 bits per heavy atom. The molecular formula is C15H20ClNO3. The van der Waals surface area contributed by atoms with Gasteiger partial charge >= 0.3 is 0 Å². The molecule has 3 atom stereocenters. The summed E-state index contributed by atoms with van der Waals surface area (Å²) in [6.07, 6.45) is 2.01. The summed E-state index contributed by atoms with van der Waals surface area (Å²) < 4.78 is 17.0. The maximum atomic E-state index is 6.40. The van der Waals surface area contributed by atoms with E-state index in [1.54, 1.807) is 0 Å². The van der Waals surface area contributed by atoms with Crippen LogP contribution in [0.15, 0.2) is 12.1 Å². The largest absolute Gasteiger partial charge is 0.490 e. The van der Waals surface area contributed by atoms with E-state index in [1.807, 2.05) is 12.1 Å². The molecule has 4 nitrogen and oxygen atoms in total. The first-order chi connectivity index (χ1) is 9.66. The fraction of sp³-hybridized carbons (Fsp3) is 0.600. The van der Waals surface area contributed by atoms with E-state index in [0.29, 0.717) is 24.0 Å². The van der Waals surface area contributed by atoms with Gasteiger partial charge in [0.1, 0.15) is 0 Å². The van der Waals surface area contributed by atoms with Gasteiger partial charge in [0, 0.05) is 36.1 Å². The molecule has 1 saturated heterocycles. The molecule has 0 aromatic heterocycles. The number of fused-ring (bicyclic) bond motifs is 1. The normalized spacial score (nSPS) is 27.1. The quantitative estimate of drug-likeness (QED) is 0.912. The SMILES string of the molecule is CC1OCCC1C(N)c1cc2c(cc1Cl)OCCCO2. The van der Waals surface area contributed by atoms with E-state index < -0.39 is 0 Å². The van der Waals surface area contributed by atoms with Crippen LogP contribution >= 0.6 is 11.6 Å². The molecule has 0 spiro atoms. The number of hydrogen-bond donors (Lipinski definition) is 1. The van der Waals surface area contributed by atoms with Crippen molar-refractivity contribution in [3.8, 4) is 11.5 Å². The van der Waals surface area contributed by atoms with Crippen LogP contribution in [-0.2, 0) is 4.74 Å². The third-order valence-corrected chi connectivity index (χ3v) is 4.45. The average molecular weight is 298 g/mol. The maximum Gasteiger partial charge on any atom is 0.162 e. The summed E-state index contributed by atoms with van der Waals surface area (Å²) >= 11 is 6.38. The predicted molar refractivity (Wildman–Crippen MR) is 77.5 cm³/mol. The first-order valence-electron chi connectivity index (χ1n) is 7.13. The molecule has 2 heterocycles. The van der Waals surface area contributed by atoms with Gasteiger partial charge in [0.25, 0.3) is 0 Å². The minimum absolute atomic E-state index is 0.142. The van der Waals surface area contributed by atoms with Crippen LogP contribution in [0.3, 0.4) is 0 Å². The first kappa shape index (κ1) is 14.0. The van der Waals surface area contributed by atoms with Crippen molar-refractivity contribution in [2.45, 2.75) is 31.9 Å². The van der Waals surface area contributed by atoms with Crippen molar-refractivity contribution in [1.82, 2.24) is 0 Å². The minimum atomic E-state index is -0.142. The molecule has 110 valence electrons. The third-order valence-electron chi connectivity index (χ3n) is 4.12. The standard InChI is InChI=1S/C15H20ClNO3/c1-9-10(3-6-18-9)15(17)11-7-13-14(8-12(11)16)20-5-2-4-19-13/h7-10,15H,2-6,17H2,1H3. The van der Waals surface area contributed by atoms with Crippen LogP contribution in [-0.4, -0.2) is 25.9 Å². The van der Waals surface area contributed by atoms with Gasteiger partial charge in [0.15, 0.2) is 11.5 Å². The number of hydrogen-bond acceptors (Lipinski definition) is 4. The number of halogens is 1. The summed E-state index contributed by atoms with van der Waals surface area (Å²) in [6, 6.07) is 3.61. The van der Waals surface area contributed by atoms with Gasteiger partial charge in [-0.3, -0.25) is 0 Å². The van der Waals surface area contributed by atoms with E-state index in [4.69, 9.17) is 31.5 Å². The summed E-state index contributed by atoms with van der Waals surface area (Å²) in [5.41, 5.74) is 7.32. The second kappa shape index (κ2) is 5.80. The Labute approximate surface area is 124 Å². The molecule has 1 aromatic carbocycles. The molecule has 2 aliphatic heterocycles. The van der Waals surface area contributed by atoms with Crippen LogP contribution < -0.4 is 15.2 Å². The van der Waals surface area contributed by atoms with Crippen molar-refractivity contribution in [3.63, 3.8) is 0 Å². The van der Waals surface area contributed by atoms with Gasteiger partial charge in [-0.05, 0) is 25.0 Å². The zero-order chi connectivity index (χ0) is 14.1. The Bertz CT molecular complexity index is 494. The van der Waals surface area contributed by atoms with Crippen molar-refractivity contribution in [2.24, 2.45) is 11.7 Å².